The van der Waals surface area contributed by atoms with Gasteiger partial charge in [-0.2, -0.15) is 0 Å². The molecule has 0 bridgehead atoms. The lowest BCUT2D eigenvalue weighted by atomic mass is 10.0. The summed E-state index contributed by atoms with van der Waals surface area (Å²) in [5.41, 5.74) is 1.17. The molecule has 5 heteroatoms. The third kappa shape index (κ3) is 2.17. The zero-order valence-corrected chi connectivity index (χ0v) is 12.2. The molecule has 0 spiro atoms. The number of aromatic nitrogens is 2. The number of hydrogen-bond donors (Lipinski definition) is 1. The van der Waals surface area contributed by atoms with E-state index in [1.807, 2.05) is 12.1 Å². The lowest BCUT2D eigenvalue weighted by Crippen LogP contribution is -2.02. The van der Waals surface area contributed by atoms with Crippen molar-refractivity contribution in [2.45, 2.75) is 31.6 Å². The SMILES string of the molecule is S=c1nc(-c2ccco2)[nH]c(C2CCCC2)c1Br. The number of halogens is 1. The van der Waals surface area contributed by atoms with E-state index >= 15 is 0 Å². The van der Waals surface area contributed by atoms with Gasteiger partial charge in [0.15, 0.2) is 11.6 Å². The van der Waals surface area contributed by atoms with Gasteiger partial charge in [-0.25, -0.2) is 4.98 Å². The smallest absolute Gasteiger partial charge is 0.175 e. The van der Waals surface area contributed by atoms with E-state index in [1.165, 1.54) is 31.4 Å². The van der Waals surface area contributed by atoms with Gasteiger partial charge in [0.05, 0.1) is 10.7 Å². The minimum Gasteiger partial charge on any atom is -0.461 e. The summed E-state index contributed by atoms with van der Waals surface area (Å²) in [5, 5.41) is 0. The molecule has 3 rings (SSSR count). The molecule has 0 radical (unpaired) electrons. The van der Waals surface area contributed by atoms with Gasteiger partial charge in [0.2, 0.25) is 0 Å². The van der Waals surface area contributed by atoms with E-state index < -0.39 is 0 Å². The van der Waals surface area contributed by atoms with Gasteiger partial charge in [0, 0.05) is 11.6 Å². The second kappa shape index (κ2) is 4.97. The van der Waals surface area contributed by atoms with Gasteiger partial charge in [0.25, 0.3) is 0 Å². The lowest BCUT2D eigenvalue weighted by molar-refractivity contribution is 0.575. The molecule has 1 N–H and O–H groups in total. The number of H-pyrrole nitrogens is 1. The van der Waals surface area contributed by atoms with Gasteiger partial charge in [-0.15, -0.1) is 0 Å². The molecule has 2 aromatic rings. The molecule has 0 aromatic carbocycles. The summed E-state index contributed by atoms with van der Waals surface area (Å²) < 4.78 is 6.91. The van der Waals surface area contributed by atoms with Crippen molar-refractivity contribution in [1.82, 2.24) is 9.97 Å². The van der Waals surface area contributed by atoms with Gasteiger partial charge in [0.1, 0.15) is 4.64 Å². The van der Waals surface area contributed by atoms with Gasteiger partial charge in [-0.05, 0) is 40.9 Å². The van der Waals surface area contributed by atoms with Crippen LogP contribution in [0.4, 0.5) is 0 Å². The van der Waals surface area contributed by atoms with Crippen LogP contribution in [-0.2, 0) is 0 Å². The number of nitrogens with zero attached hydrogens (tertiary/aromatic N) is 1. The van der Waals surface area contributed by atoms with E-state index in [9.17, 15) is 0 Å². The second-order valence-electron chi connectivity index (χ2n) is 4.58. The summed E-state index contributed by atoms with van der Waals surface area (Å²) in [6, 6.07) is 3.74. The van der Waals surface area contributed by atoms with E-state index in [0.29, 0.717) is 10.6 Å². The zero-order valence-electron chi connectivity index (χ0n) is 9.78. The summed E-state index contributed by atoms with van der Waals surface area (Å²) in [4.78, 5) is 7.75. The Hall–Kier alpha value is -0.940. The Morgan fingerprint density at radius 3 is 2.83 bits per heavy atom. The Labute approximate surface area is 119 Å². The van der Waals surface area contributed by atoms with Crippen molar-refractivity contribution >= 4 is 28.1 Å². The molecule has 1 aliphatic carbocycles. The summed E-state index contributed by atoms with van der Waals surface area (Å²) in [7, 11) is 0. The summed E-state index contributed by atoms with van der Waals surface area (Å²) >= 11 is 8.88. The van der Waals surface area contributed by atoms with Crippen LogP contribution in [0.1, 0.15) is 37.3 Å². The standard InChI is InChI=1S/C13H13BrN2OS/c14-10-11(8-4-1-2-5-8)15-12(16-13(10)18)9-6-3-7-17-9/h3,6-8H,1-2,4-5H2,(H,15,16,18). The minimum absolute atomic E-state index is 0.554. The third-order valence-electron chi connectivity index (χ3n) is 3.41. The van der Waals surface area contributed by atoms with Gasteiger partial charge in [-0.1, -0.05) is 25.1 Å². The van der Waals surface area contributed by atoms with Crippen molar-refractivity contribution in [3.05, 3.63) is 33.2 Å². The number of aromatic amines is 1. The topological polar surface area (TPSA) is 41.8 Å². The molecule has 0 atom stereocenters. The maximum atomic E-state index is 5.38. The van der Waals surface area contributed by atoms with E-state index in [1.54, 1.807) is 6.26 Å². The second-order valence-corrected chi connectivity index (χ2v) is 5.76. The highest BCUT2D eigenvalue weighted by Crippen LogP contribution is 2.37. The number of furan rings is 1. The van der Waals surface area contributed by atoms with Crippen molar-refractivity contribution in [2.75, 3.05) is 0 Å². The normalized spacial score (nSPS) is 16.3. The molecular formula is C13H13BrN2OS. The molecule has 2 heterocycles. The van der Waals surface area contributed by atoms with Crippen LogP contribution in [0.25, 0.3) is 11.6 Å². The van der Waals surface area contributed by atoms with Crippen LogP contribution in [0.5, 0.6) is 0 Å². The fourth-order valence-electron chi connectivity index (χ4n) is 2.50. The minimum atomic E-state index is 0.554. The average molecular weight is 325 g/mol. The van der Waals surface area contributed by atoms with Crippen LogP contribution in [0, 0.1) is 4.64 Å². The zero-order chi connectivity index (χ0) is 12.5. The van der Waals surface area contributed by atoms with Crippen molar-refractivity contribution in [3.8, 4) is 11.6 Å². The van der Waals surface area contributed by atoms with E-state index in [-0.39, 0.29) is 0 Å². The molecular weight excluding hydrogens is 312 g/mol. The first-order valence-electron chi connectivity index (χ1n) is 6.09. The number of hydrogen-bond acceptors (Lipinski definition) is 3. The van der Waals surface area contributed by atoms with Crippen molar-refractivity contribution in [3.63, 3.8) is 0 Å². The van der Waals surface area contributed by atoms with Crippen LogP contribution < -0.4 is 0 Å². The van der Waals surface area contributed by atoms with E-state index in [4.69, 9.17) is 16.6 Å². The van der Waals surface area contributed by atoms with Crippen LogP contribution in [0.2, 0.25) is 0 Å². The van der Waals surface area contributed by atoms with Crippen molar-refractivity contribution in [1.29, 1.82) is 0 Å². The molecule has 0 unspecified atom stereocenters. The Kier molecular flexibility index (Phi) is 3.35. The van der Waals surface area contributed by atoms with Gasteiger partial charge >= 0.3 is 0 Å². The average Bonchev–Trinajstić information content (AvgIpc) is 3.03. The number of rotatable bonds is 2. The fraction of sp³-hybridized carbons (Fsp3) is 0.385. The molecule has 1 saturated carbocycles. The molecule has 0 saturated heterocycles. The first kappa shape index (κ1) is 12.1. The molecule has 94 valence electrons. The Bertz CT molecular complexity index is 600. The van der Waals surface area contributed by atoms with Gasteiger partial charge < -0.3 is 9.40 Å². The molecule has 2 aromatic heterocycles. The maximum Gasteiger partial charge on any atom is 0.175 e. The first-order chi connectivity index (χ1) is 8.75. The van der Waals surface area contributed by atoms with Crippen molar-refractivity contribution in [2.24, 2.45) is 0 Å². The molecule has 3 nitrogen and oxygen atoms in total. The first-order valence-corrected chi connectivity index (χ1v) is 7.29. The van der Waals surface area contributed by atoms with Crippen LogP contribution in [0.15, 0.2) is 27.3 Å². The Morgan fingerprint density at radius 2 is 2.17 bits per heavy atom. The highest BCUT2D eigenvalue weighted by molar-refractivity contribution is 9.10. The molecule has 1 aliphatic rings. The largest absolute Gasteiger partial charge is 0.461 e. The van der Waals surface area contributed by atoms with Crippen LogP contribution in [-0.4, -0.2) is 9.97 Å². The monoisotopic (exact) mass is 324 g/mol. The maximum absolute atomic E-state index is 5.38. The number of nitrogens with one attached hydrogen (secondary N) is 1. The fourth-order valence-corrected chi connectivity index (χ4v) is 3.21. The molecule has 0 amide bonds. The highest BCUT2D eigenvalue weighted by Gasteiger charge is 2.22. The molecule has 1 fully saturated rings. The van der Waals surface area contributed by atoms with Crippen molar-refractivity contribution < 1.29 is 4.42 Å². The predicted octanol–water partition coefficient (Wildman–Crippen LogP) is 4.82. The van der Waals surface area contributed by atoms with E-state index in [0.717, 1.165) is 16.1 Å². The van der Waals surface area contributed by atoms with E-state index in [2.05, 4.69) is 25.9 Å². The predicted molar refractivity (Wildman–Crippen MR) is 76.0 cm³/mol. The summed E-state index contributed by atoms with van der Waals surface area (Å²) in [6.07, 6.45) is 6.65. The summed E-state index contributed by atoms with van der Waals surface area (Å²) in [6.45, 7) is 0. The highest BCUT2D eigenvalue weighted by atomic mass is 79.9. The third-order valence-corrected chi connectivity index (χ3v) is 4.77. The quantitative estimate of drug-likeness (QED) is 0.805. The van der Waals surface area contributed by atoms with Gasteiger partial charge in [-0.3, -0.25) is 0 Å². The Balaban J connectivity index is 2.10. The summed E-state index contributed by atoms with van der Waals surface area (Å²) in [5.74, 6) is 2.00. The Morgan fingerprint density at radius 1 is 1.39 bits per heavy atom. The lowest BCUT2D eigenvalue weighted by Gasteiger charge is -2.13. The van der Waals surface area contributed by atoms with Crippen LogP contribution in [0.3, 0.4) is 0 Å². The molecule has 0 aliphatic heterocycles. The molecule has 18 heavy (non-hydrogen) atoms. The van der Waals surface area contributed by atoms with Crippen LogP contribution >= 0.6 is 28.1 Å².